The van der Waals surface area contributed by atoms with E-state index in [9.17, 15) is 0 Å². The molecular weight excluding hydrogens is 370 g/mol. The van der Waals surface area contributed by atoms with Gasteiger partial charge in [0.15, 0.2) is 0 Å². The molecule has 0 radical (unpaired) electrons. The lowest BCUT2D eigenvalue weighted by atomic mass is 10.1. The molecule has 0 aliphatic heterocycles. The first kappa shape index (κ1) is 20.0. The zero-order chi connectivity index (χ0) is 21.3. The first-order valence-electron chi connectivity index (χ1n) is 10.2. The van der Waals surface area contributed by atoms with Crippen LogP contribution >= 0.6 is 0 Å². The third-order valence-electron chi connectivity index (χ3n) is 5.52. The monoisotopic (exact) mass is 399 g/mol. The van der Waals surface area contributed by atoms with Gasteiger partial charge in [-0.2, -0.15) is 0 Å². The lowest BCUT2D eigenvalue weighted by Gasteiger charge is -2.22. The molecule has 0 aliphatic rings. The van der Waals surface area contributed by atoms with Crippen molar-refractivity contribution in [2.75, 3.05) is 19.1 Å². The van der Waals surface area contributed by atoms with Gasteiger partial charge < -0.3 is 15.2 Å². The fourth-order valence-electron chi connectivity index (χ4n) is 4.13. The third-order valence-corrected chi connectivity index (χ3v) is 5.52. The van der Waals surface area contributed by atoms with Crippen LogP contribution in [-0.2, 0) is 13.1 Å². The van der Waals surface area contributed by atoms with Gasteiger partial charge in [-0.25, -0.2) is 5.84 Å². The standard InChI is InChI=1S/C25H29N5/c1-4-29-23-8-6-5-7-21(23)22-15-20(13-14-24(22)29)30(27)25(16-26)19-11-9-18(10-12-19)17-28(2)3/h5-16H,4,17,26-27H2,1-3H3/b25-16-. The highest BCUT2D eigenvalue weighted by atomic mass is 15.4. The van der Waals surface area contributed by atoms with E-state index in [1.54, 1.807) is 11.2 Å². The Morgan fingerprint density at radius 1 is 0.933 bits per heavy atom. The minimum atomic E-state index is 0.769. The third kappa shape index (κ3) is 3.54. The van der Waals surface area contributed by atoms with Gasteiger partial charge in [-0.15, -0.1) is 0 Å². The average Bonchev–Trinajstić information content (AvgIpc) is 3.08. The van der Waals surface area contributed by atoms with Gasteiger partial charge in [0.05, 0.1) is 11.4 Å². The van der Waals surface area contributed by atoms with E-state index in [2.05, 4.69) is 97.2 Å². The predicted molar refractivity (Wildman–Crippen MR) is 128 cm³/mol. The van der Waals surface area contributed by atoms with E-state index in [0.29, 0.717) is 0 Å². The normalized spacial score (nSPS) is 12.2. The smallest absolute Gasteiger partial charge is 0.0801 e. The average molecular weight is 400 g/mol. The largest absolute Gasteiger partial charge is 0.403 e. The zero-order valence-corrected chi connectivity index (χ0v) is 17.8. The van der Waals surface area contributed by atoms with Crippen LogP contribution in [0.3, 0.4) is 0 Å². The number of hydrazine groups is 1. The molecule has 0 saturated heterocycles. The van der Waals surface area contributed by atoms with Gasteiger partial charge in [0.1, 0.15) is 0 Å². The Balaban J connectivity index is 1.73. The molecule has 4 rings (SSSR count). The molecule has 4 aromatic rings. The Labute approximate surface area is 177 Å². The molecule has 5 nitrogen and oxygen atoms in total. The van der Waals surface area contributed by atoms with E-state index in [-0.39, 0.29) is 0 Å². The van der Waals surface area contributed by atoms with Crippen LogP contribution in [0.4, 0.5) is 5.69 Å². The number of anilines is 1. The number of benzene rings is 3. The van der Waals surface area contributed by atoms with Crippen LogP contribution in [0, 0.1) is 0 Å². The molecule has 4 N–H and O–H groups in total. The summed E-state index contributed by atoms with van der Waals surface area (Å²) in [6.45, 7) is 3.99. The highest BCUT2D eigenvalue weighted by Gasteiger charge is 2.14. The molecule has 0 aliphatic carbocycles. The Kier molecular flexibility index (Phi) is 5.48. The summed E-state index contributed by atoms with van der Waals surface area (Å²) in [7, 11) is 4.12. The zero-order valence-electron chi connectivity index (χ0n) is 17.8. The van der Waals surface area contributed by atoms with Crippen molar-refractivity contribution in [1.29, 1.82) is 0 Å². The van der Waals surface area contributed by atoms with Gasteiger partial charge in [0.25, 0.3) is 0 Å². The summed E-state index contributed by atoms with van der Waals surface area (Å²) in [4.78, 5) is 2.14. The van der Waals surface area contributed by atoms with Crippen molar-refractivity contribution < 1.29 is 0 Å². The molecule has 1 aromatic heterocycles. The van der Waals surface area contributed by atoms with Crippen molar-refractivity contribution in [1.82, 2.24) is 9.47 Å². The molecule has 0 saturated carbocycles. The van der Waals surface area contributed by atoms with E-state index in [4.69, 9.17) is 11.6 Å². The Hall–Kier alpha value is -3.28. The molecule has 5 heteroatoms. The summed E-state index contributed by atoms with van der Waals surface area (Å²) < 4.78 is 2.33. The molecule has 1 heterocycles. The molecule has 30 heavy (non-hydrogen) atoms. The van der Waals surface area contributed by atoms with Gasteiger partial charge in [-0.1, -0.05) is 42.5 Å². The van der Waals surface area contributed by atoms with Crippen LogP contribution in [0.5, 0.6) is 0 Å². The molecule has 0 fully saturated rings. The van der Waals surface area contributed by atoms with Crippen LogP contribution in [-0.4, -0.2) is 23.6 Å². The maximum atomic E-state index is 6.54. The van der Waals surface area contributed by atoms with Crippen molar-refractivity contribution >= 4 is 33.2 Å². The summed E-state index contributed by atoms with van der Waals surface area (Å²) in [5.74, 6) is 6.54. The van der Waals surface area contributed by atoms with E-state index in [1.807, 2.05) is 0 Å². The number of rotatable bonds is 6. The van der Waals surface area contributed by atoms with Crippen molar-refractivity contribution in [3.63, 3.8) is 0 Å². The number of nitrogens with two attached hydrogens (primary N) is 2. The Bertz CT molecular complexity index is 1200. The minimum Gasteiger partial charge on any atom is -0.403 e. The molecule has 3 aromatic carbocycles. The summed E-state index contributed by atoms with van der Waals surface area (Å²) >= 11 is 0. The van der Waals surface area contributed by atoms with Crippen molar-refractivity contribution in [2.45, 2.75) is 20.0 Å². The SMILES string of the molecule is CCn1c2ccccc2c2cc(N(N)/C(=C\N)c3ccc(CN(C)C)cc3)ccc21. The topological polar surface area (TPSA) is 63.4 Å². The number of aromatic nitrogens is 1. The van der Waals surface area contributed by atoms with Crippen LogP contribution in [0.1, 0.15) is 18.1 Å². The second-order valence-corrected chi connectivity index (χ2v) is 7.82. The van der Waals surface area contributed by atoms with Crippen molar-refractivity contribution in [3.05, 3.63) is 84.1 Å². The highest BCUT2D eigenvalue weighted by molar-refractivity contribution is 6.09. The number of hydrogen-bond donors (Lipinski definition) is 2. The predicted octanol–water partition coefficient (Wildman–Crippen LogP) is 4.51. The number of aryl methyl sites for hydroxylation is 1. The summed E-state index contributed by atoms with van der Waals surface area (Å²) in [6, 6.07) is 23.2. The molecular formula is C25H29N5. The minimum absolute atomic E-state index is 0.769. The van der Waals surface area contributed by atoms with Gasteiger partial charge in [-0.3, -0.25) is 5.01 Å². The lowest BCUT2D eigenvalue weighted by molar-refractivity contribution is 0.402. The van der Waals surface area contributed by atoms with Gasteiger partial charge in [0, 0.05) is 46.7 Å². The second kappa shape index (κ2) is 8.22. The quantitative estimate of drug-likeness (QED) is 0.370. The van der Waals surface area contributed by atoms with E-state index >= 15 is 0 Å². The Morgan fingerprint density at radius 2 is 1.63 bits per heavy atom. The summed E-state index contributed by atoms with van der Waals surface area (Å²) in [5.41, 5.74) is 12.3. The number of hydrogen-bond acceptors (Lipinski definition) is 4. The van der Waals surface area contributed by atoms with Crippen LogP contribution in [0.15, 0.2) is 72.9 Å². The maximum absolute atomic E-state index is 6.54. The van der Waals surface area contributed by atoms with Crippen LogP contribution < -0.4 is 16.6 Å². The Morgan fingerprint density at radius 3 is 2.30 bits per heavy atom. The van der Waals surface area contributed by atoms with Crippen molar-refractivity contribution in [2.24, 2.45) is 11.6 Å². The molecule has 0 atom stereocenters. The first-order valence-corrected chi connectivity index (χ1v) is 10.2. The molecule has 0 bridgehead atoms. The fraction of sp³-hybridized carbons (Fsp3) is 0.200. The molecule has 0 spiro atoms. The van der Waals surface area contributed by atoms with Crippen molar-refractivity contribution in [3.8, 4) is 0 Å². The summed E-state index contributed by atoms with van der Waals surface area (Å²) in [6.07, 6.45) is 1.57. The first-order chi connectivity index (χ1) is 14.5. The van der Waals surface area contributed by atoms with Crippen LogP contribution in [0.2, 0.25) is 0 Å². The maximum Gasteiger partial charge on any atom is 0.0801 e. The van der Waals surface area contributed by atoms with Crippen LogP contribution in [0.25, 0.3) is 27.5 Å². The van der Waals surface area contributed by atoms with E-state index in [0.717, 1.165) is 30.0 Å². The van der Waals surface area contributed by atoms with Gasteiger partial charge in [-0.05, 0) is 50.8 Å². The fourth-order valence-corrected chi connectivity index (χ4v) is 4.13. The summed E-state index contributed by atoms with van der Waals surface area (Å²) in [5, 5.41) is 4.09. The lowest BCUT2D eigenvalue weighted by Crippen LogP contribution is -2.29. The number of para-hydroxylation sites is 1. The number of fused-ring (bicyclic) bond motifs is 3. The van der Waals surface area contributed by atoms with E-state index < -0.39 is 0 Å². The van der Waals surface area contributed by atoms with E-state index in [1.165, 1.54) is 27.4 Å². The molecule has 0 unspecified atom stereocenters. The molecule has 0 amide bonds. The number of nitrogens with zero attached hydrogens (tertiary/aromatic N) is 3. The second-order valence-electron chi connectivity index (χ2n) is 7.82. The van der Waals surface area contributed by atoms with Gasteiger partial charge >= 0.3 is 0 Å². The van der Waals surface area contributed by atoms with Gasteiger partial charge in [0.2, 0.25) is 0 Å². The highest BCUT2D eigenvalue weighted by Crippen LogP contribution is 2.33. The molecule has 154 valence electrons.